The quantitative estimate of drug-likeness (QED) is 0.841. The second kappa shape index (κ2) is 5.45. The molecule has 1 heterocycles. The molecule has 2 unspecified atom stereocenters. The van der Waals surface area contributed by atoms with Crippen molar-refractivity contribution in [1.29, 1.82) is 0 Å². The average Bonchev–Trinajstić information content (AvgIpc) is 2.30. The van der Waals surface area contributed by atoms with E-state index in [0.29, 0.717) is 11.0 Å². The maximum atomic E-state index is 6.35. The molecule has 0 saturated carbocycles. The highest BCUT2D eigenvalue weighted by Crippen LogP contribution is 2.33. The van der Waals surface area contributed by atoms with Crippen molar-refractivity contribution in [3.8, 4) is 0 Å². The standard InChI is InChI=1S/C14H19ClN2S/c1-9-5-6-17(10(2)7-9)13-4-3-11(14(16)18)8-12(13)15/h3-4,8-10H,5-7H2,1-2H3,(H2,16,18). The lowest BCUT2D eigenvalue weighted by atomic mass is 9.93. The first-order chi connectivity index (χ1) is 8.49. The molecule has 0 spiro atoms. The first-order valence-corrected chi connectivity index (χ1v) is 7.13. The summed E-state index contributed by atoms with van der Waals surface area (Å²) in [6, 6.07) is 6.38. The summed E-state index contributed by atoms with van der Waals surface area (Å²) >= 11 is 11.3. The Bertz CT molecular complexity index is 461. The Morgan fingerprint density at radius 1 is 1.44 bits per heavy atom. The van der Waals surface area contributed by atoms with Gasteiger partial charge in [0.15, 0.2) is 0 Å². The minimum absolute atomic E-state index is 0.392. The van der Waals surface area contributed by atoms with Crippen molar-refractivity contribution in [2.45, 2.75) is 32.7 Å². The summed E-state index contributed by atoms with van der Waals surface area (Å²) in [5, 5.41) is 0.738. The number of piperidine rings is 1. The Morgan fingerprint density at radius 3 is 2.72 bits per heavy atom. The van der Waals surface area contributed by atoms with Crippen LogP contribution in [0.4, 0.5) is 5.69 Å². The Morgan fingerprint density at radius 2 is 2.17 bits per heavy atom. The Kier molecular flexibility index (Phi) is 4.13. The van der Waals surface area contributed by atoms with Crippen LogP contribution in [0.3, 0.4) is 0 Å². The molecule has 1 aliphatic rings. The molecule has 0 aliphatic carbocycles. The van der Waals surface area contributed by atoms with E-state index < -0.39 is 0 Å². The fourth-order valence-electron chi connectivity index (χ4n) is 2.66. The molecule has 0 bridgehead atoms. The maximum absolute atomic E-state index is 6.35. The summed E-state index contributed by atoms with van der Waals surface area (Å²) in [4.78, 5) is 2.77. The number of thiocarbonyl (C=S) groups is 1. The Balaban J connectivity index is 2.26. The molecule has 18 heavy (non-hydrogen) atoms. The second-order valence-electron chi connectivity index (χ2n) is 5.20. The topological polar surface area (TPSA) is 29.3 Å². The molecule has 1 aliphatic heterocycles. The molecule has 98 valence electrons. The number of hydrogen-bond acceptors (Lipinski definition) is 2. The highest BCUT2D eigenvalue weighted by atomic mass is 35.5. The van der Waals surface area contributed by atoms with Gasteiger partial charge in [-0.1, -0.05) is 30.7 Å². The number of rotatable bonds is 2. The molecular weight excluding hydrogens is 264 g/mol. The number of nitrogens with two attached hydrogens (primary N) is 1. The molecule has 2 nitrogen and oxygen atoms in total. The van der Waals surface area contributed by atoms with E-state index in [1.807, 2.05) is 18.2 Å². The van der Waals surface area contributed by atoms with Crippen molar-refractivity contribution < 1.29 is 0 Å². The fourth-order valence-corrected chi connectivity index (χ4v) is 3.07. The number of hydrogen-bond donors (Lipinski definition) is 1. The molecule has 0 aromatic heterocycles. The lowest BCUT2D eigenvalue weighted by molar-refractivity contribution is 0.378. The van der Waals surface area contributed by atoms with Gasteiger partial charge in [-0.3, -0.25) is 0 Å². The number of anilines is 1. The number of halogens is 1. The molecule has 2 atom stereocenters. The zero-order chi connectivity index (χ0) is 13.3. The Labute approximate surface area is 119 Å². The molecule has 1 fully saturated rings. The van der Waals surface area contributed by atoms with Crippen molar-refractivity contribution in [3.05, 3.63) is 28.8 Å². The van der Waals surface area contributed by atoms with Crippen LogP contribution in [0.25, 0.3) is 0 Å². The third kappa shape index (κ3) is 2.78. The van der Waals surface area contributed by atoms with Crippen LogP contribution in [-0.4, -0.2) is 17.6 Å². The van der Waals surface area contributed by atoms with E-state index in [2.05, 4.69) is 18.7 Å². The molecule has 4 heteroatoms. The van der Waals surface area contributed by atoms with Gasteiger partial charge in [0.2, 0.25) is 0 Å². The van der Waals surface area contributed by atoms with Crippen molar-refractivity contribution in [2.24, 2.45) is 11.7 Å². The third-order valence-electron chi connectivity index (χ3n) is 3.68. The monoisotopic (exact) mass is 282 g/mol. The largest absolute Gasteiger partial charge is 0.389 e. The van der Waals surface area contributed by atoms with Crippen LogP contribution in [0.1, 0.15) is 32.3 Å². The van der Waals surface area contributed by atoms with Gasteiger partial charge in [-0.05, 0) is 43.9 Å². The van der Waals surface area contributed by atoms with Gasteiger partial charge >= 0.3 is 0 Å². The van der Waals surface area contributed by atoms with Crippen LogP contribution < -0.4 is 10.6 Å². The van der Waals surface area contributed by atoms with E-state index in [-0.39, 0.29) is 0 Å². The van der Waals surface area contributed by atoms with Gasteiger partial charge in [0.1, 0.15) is 4.99 Å². The summed E-state index contributed by atoms with van der Waals surface area (Å²) in [6.45, 7) is 5.63. The minimum Gasteiger partial charge on any atom is -0.389 e. The van der Waals surface area contributed by atoms with E-state index in [0.717, 1.165) is 28.7 Å². The van der Waals surface area contributed by atoms with Crippen molar-refractivity contribution >= 4 is 34.5 Å². The first kappa shape index (κ1) is 13.6. The van der Waals surface area contributed by atoms with E-state index in [1.54, 1.807) is 0 Å². The summed E-state index contributed by atoms with van der Waals surface area (Å²) in [5.41, 5.74) is 7.54. The normalized spacial score (nSPS) is 24.1. The minimum atomic E-state index is 0.392. The molecule has 2 rings (SSSR count). The van der Waals surface area contributed by atoms with Gasteiger partial charge in [-0.25, -0.2) is 0 Å². The molecule has 1 aromatic carbocycles. The van der Waals surface area contributed by atoms with E-state index in [4.69, 9.17) is 29.6 Å². The van der Waals surface area contributed by atoms with E-state index in [1.165, 1.54) is 12.8 Å². The van der Waals surface area contributed by atoms with Gasteiger partial charge in [0.05, 0.1) is 10.7 Å². The van der Waals surface area contributed by atoms with Crippen molar-refractivity contribution in [2.75, 3.05) is 11.4 Å². The molecule has 0 amide bonds. The number of nitrogens with zero attached hydrogens (tertiary/aromatic N) is 1. The highest BCUT2D eigenvalue weighted by Gasteiger charge is 2.24. The molecule has 0 radical (unpaired) electrons. The van der Waals surface area contributed by atoms with Crippen molar-refractivity contribution in [3.63, 3.8) is 0 Å². The SMILES string of the molecule is CC1CCN(c2ccc(C(N)=S)cc2Cl)C(C)C1. The Hall–Kier alpha value is -0.800. The van der Waals surface area contributed by atoms with Gasteiger partial charge in [0, 0.05) is 18.2 Å². The van der Waals surface area contributed by atoms with Crippen molar-refractivity contribution in [1.82, 2.24) is 0 Å². The molecule has 2 N–H and O–H groups in total. The average molecular weight is 283 g/mol. The molecule has 1 saturated heterocycles. The second-order valence-corrected chi connectivity index (χ2v) is 6.05. The summed E-state index contributed by atoms with van der Waals surface area (Å²) in [7, 11) is 0. The highest BCUT2D eigenvalue weighted by molar-refractivity contribution is 7.80. The zero-order valence-corrected chi connectivity index (χ0v) is 12.4. The van der Waals surface area contributed by atoms with Crippen LogP contribution in [0.2, 0.25) is 5.02 Å². The fraction of sp³-hybridized carbons (Fsp3) is 0.500. The molecular formula is C14H19ClN2S. The van der Waals surface area contributed by atoms with Crippen LogP contribution in [0.15, 0.2) is 18.2 Å². The van der Waals surface area contributed by atoms with E-state index >= 15 is 0 Å². The molecule has 1 aromatic rings. The predicted octanol–water partition coefficient (Wildman–Crippen LogP) is 3.60. The van der Waals surface area contributed by atoms with Gasteiger partial charge in [-0.2, -0.15) is 0 Å². The lowest BCUT2D eigenvalue weighted by Crippen LogP contribution is -2.40. The number of benzene rings is 1. The van der Waals surface area contributed by atoms with Gasteiger partial charge < -0.3 is 10.6 Å². The third-order valence-corrected chi connectivity index (χ3v) is 4.22. The van der Waals surface area contributed by atoms with E-state index in [9.17, 15) is 0 Å². The summed E-state index contributed by atoms with van der Waals surface area (Å²) in [6.07, 6.45) is 2.44. The summed E-state index contributed by atoms with van der Waals surface area (Å²) < 4.78 is 0. The van der Waals surface area contributed by atoms with Gasteiger partial charge in [-0.15, -0.1) is 0 Å². The van der Waals surface area contributed by atoms with Crippen LogP contribution in [0, 0.1) is 5.92 Å². The summed E-state index contributed by atoms with van der Waals surface area (Å²) in [5.74, 6) is 0.797. The first-order valence-electron chi connectivity index (χ1n) is 6.35. The zero-order valence-electron chi connectivity index (χ0n) is 10.8. The smallest absolute Gasteiger partial charge is 0.104 e. The predicted molar refractivity (Wildman–Crippen MR) is 82.5 cm³/mol. The van der Waals surface area contributed by atoms with Crippen LogP contribution in [-0.2, 0) is 0 Å². The van der Waals surface area contributed by atoms with Gasteiger partial charge in [0.25, 0.3) is 0 Å². The maximum Gasteiger partial charge on any atom is 0.104 e. The van der Waals surface area contributed by atoms with Crippen LogP contribution in [0.5, 0.6) is 0 Å². The van der Waals surface area contributed by atoms with Crippen LogP contribution >= 0.6 is 23.8 Å². The lowest BCUT2D eigenvalue weighted by Gasteiger charge is -2.38.